The maximum Gasteiger partial charge on any atom is 0.221 e. The van der Waals surface area contributed by atoms with Crippen LogP contribution in [-0.4, -0.2) is 25.8 Å². The molecule has 0 saturated carbocycles. The molecule has 18 heavy (non-hydrogen) atoms. The summed E-state index contributed by atoms with van der Waals surface area (Å²) in [4.78, 5) is 4.05. The molecule has 0 unspecified atom stereocenters. The third kappa shape index (κ3) is 2.40. The summed E-state index contributed by atoms with van der Waals surface area (Å²) < 4.78 is 7.17. The SMILES string of the molecule is Cc1cc(Oc2cc(/C(N)=N/O)ccn2)n(C)n1. The van der Waals surface area contributed by atoms with Crippen LogP contribution in [0, 0.1) is 6.92 Å². The van der Waals surface area contributed by atoms with E-state index in [-0.39, 0.29) is 5.84 Å². The Morgan fingerprint density at radius 2 is 2.28 bits per heavy atom. The molecule has 0 radical (unpaired) electrons. The van der Waals surface area contributed by atoms with Gasteiger partial charge in [-0.1, -0.05) is 5.16 Å². The van der Waals surface area contributed by atoms with E-state index in [0.29, 0.717) is 17.3 Å². The molecule has 0 saturated heterocycles. The smallest absolute Gasteiger partial charge is 0.221 e. The van der Waals surface area contributed by atoms with Gasteiger partial charge in [0.15, 0.2) is 5.84 Å². The molecule has 0 aliphatic carbocycles. The lowest BCUT2D eigenvalue weighted by atomic mass is 10.2. The fourth-order valence-electron chi connectivity index (χ4n) is 1.47. The van der Waals surface area contributed by atoms with E-state index in [1.54, 1.807) is 29.9 Å². The van der Waals surface area contributed by atoms with Gasteiger partial charge in [0.25, 0.3) is 0 Å². The van der Waals surface area contributed by atoms with Crippen molar-refractivity contribution in [2.24, 2.45) is 17.9 Å². The van der Waals surface area contributed by atoms with Gasteiger partial charge in [-0.25, -0.2) is 9.67 Å². The van der Waals surface area contributed by atoms with Crippen molar-refractivity contribution in [3.05, 3.63) is 35.7 Å². The number of oxime groups is 1. The second-order valence-corrected chi connectivity index (χ2v) is 3.72. The molecule has 2 aromatic heterocycles. The summed E-state index contributed by atoms with van der Waals surface area (Å²) in [6, 6.07) is 4.99. The Hall–Kier alpha value is -2.57. The van der Waals surface area contributed by atoms with Crippen molar-refractivity contribution < 1.29 is 9.94 Å². The molecule has 2 heterocycles. The maximum absolute atomic E-state index is 8.60. The molecule has 0 aromatic carbocycles. The zero-order valence-electron chi connectivity index (χ0n) is 10.0. The van der Waals surface area contributed by atoms with Crippen molar-refractivity contribution >= 4 is 5.84 Å². The van der Waals surface area contributed by atoms with Crippen LogP contribution >= 0.6 is 0 Å². The number of aromatic nitrogens is 3. The second kappa shape index (κ2) is 4.74. The van der Waals surface area contributed by atoms with Gasteiger partial charge in [-0.3, -0.25) is 0 Å². The number of pyridine rings is 1. The van der Waals surface area contributed by atoms with Crippen LogP contribution in [-0.2, 0) is 7.05 Å². The monoisotopic (exact) mass is 247 g/mol. The van der Waals surface area contributed by atoms with Crippen LogP contribution in [0.3, 0.4) is 0 Å². The Kier molecular flexibility index (Phi) is 3.13. The van der Waals surface area contributed by atoms with E-state index >= 15 is 0 Å². The Morgan fingerprint density at radius 3 is 2.89 bits per heavy atom. The number of nitrogens with two attached hydrogens (primary N) is 1. The van der Waals surface area contributed by atoms with Crippen molar-refractivity contribution in [3.63, 3.8) is 0 Å². The molecule has 7 nitrogen and oxygen atoms in total. The average molecular weight is 247 g/mol. The number of hydrogen-bond acceptors (Lipinski definition) is 5. The van der Waals surface area contributed by atoms with Gasteiger partial charge >= 0.3 is 0 Å². The molecule has 2 aromatic rings. The molecular weight excluding hydrogens is 234 g/mol. The fraction of sp³-hybridized carbons (Fsp3) is 0.182. The molecule has 0 amide bonds. The van der Waals surface area contributed by atoms with Gasteiger partial charge in [-0.2, -0.15) is 5.10 Å². The third-order valence-corrected chi connectivity index (χ3v) is 2.31. The van der Waals surface area contributed by atoms with Crippen molar-refractivity contribution in [3.8, 4) is 11.8 Å². The summed E-state index contributed by atoms with van der Waals surface area (Å²) in [6.45, 7) is 1.87. The van der Waals surface area contributed by atoms with Crippen LogP contribution in [0.25, 0.3) is 0 Å². The largest absolute Gasteiger partial charge is 0.421 e. The van der Waals surface area contributed by atoms with E-state index in [0.717, 1.165) is 5.69 Å². The standard InChI is InChI=1S/C11H13N5O2/c1-7-5-10(16(2)14-7)18-9-6-8(3-4-13-9)11(12)15-17/h3-6,17H,1-2H3,(H2,12,15). The van der Waals surface area contributed by atoms with Crippen molar-refractivity contribution in [1.29, 1.82) is 0 Å². The van der Waals surface area contributed by atoms with Gasteiger partial charge in [-0.15, -0.1) is 0 Å². The molecule has 0 spiro atoms. The summed E-state index contributed by atoms with van der Waals surface area (Å²) in [7, 11) is 1.77. The Balaban J connectivity index is 2.27. The molecule has 0 fully saturated rings. The number of aryl methyl sites for hydroxylation is 2. The van der Waals surface area contributed by atoms with Crippen LogP contribution < -0.4 is 10.5 Å². The van der Waals surface area contributed by atoms with Crippen LogP contribution in [0.4, 0.5) is 0 Å². The topological polar surface area (TPSA) is 98.5 Å². The zero-order chi connectivity index (χ0) is 13.1. The lowest BCUT2D eigenvalue weighted by Crippen LogP contribution is -2.13. The molecule has 2 rings (SSSR count). The summed E-state index contributed by atoms with van der Waals surface area (Å²) >= 11 is 0. The highest BCUT2D eigenvalue weighted by Gasteiger charge is 2.07. The van der Waals surface area contributed by atoms with E-state index < -0.39 is 0 Å². The minimum Gasteiger partial charge on any atom is -0.421 e. The Bertz CT molecular complexity index is 591. The number of amidine groups is 1. The van der Waals surface area contributed by atoms with Crippen LogP contribution in [0.2, 0.25) is 0 Å². The van der Waals surface area contributed by atoms with Gasteiger partial charge in [0.1, 0.15) is 0 Å². The fourth-order valence-corrected chi connectivity index (χ4v) is 1.47. The van der Waals surface area contributed by atoms with Gasteiger partial charge in [0.05, 0.1) is 5.69 Å². The van der Waals surface area contributed by atoms with Crippen LogP contribution in [0.5, 0.6) is 11.8 Å². The van der Waals surface area contributed by atoms with Crippen LogP contribution in [0.1, 0.15) is 11.3 Å². The molecule has 7 heteroatoms. The predicted octanol–water partition coefficient (Wildman–Crippen LogP) is 1.01. The second-order valence-electron chi connectivity index (χ2n) is 3.72. The van der Waals surface area contributed by atoms with E-state index in [9.17, 15) is 0 Å². The van der Waals surface area contributed by atoms with E-state index in [2.05, 4.69) is 15.2 Å². The Morgan fingerprint density at radius 1 is 1.50 bits per heavy atom. The van der Waals surface area contributed by atoms with Crippen LogP contribution in [0.15, 0.2) is 29.6 Å². The number of nitrogens with zero attached hydrogens (tertiary/aromatic N) is 4. The first-order chi connectivity index (χ1) is 8.60. The maximum atomic E-state index is 8.60. The first-order valence-corrected chi connectivity index (χ1v) is 5.22. The Labute approximate surface area is 104 Å². The van der Waals surface area contributed by atoms with Gasteiger partial charge in [0.2, 0.25) is 11.8 Å². The van der Waals surface area contributed by atoms with Gasteiger partial charge in [-0.05, 0) is 13.0 Å². The lowest BCUT2D eigenvalue weighted by molar-refractivity contribution is 0.318. The highest BCUT2D eigenvalue weighted by Crippen LogP contribution is 2.20. The molecular formula is C11H13N5O2. The molecule has 0 aliphatic rings. The molecule has 0 atom stereocenters. The predicted molar refractivity (Wildman–Crippen MR) is 64.8 cm³/mol. The quantitative estimate of drug-likeness (QED) is 0.365. The highest BCUT2D eigenvalue weighted by atomic mass is 16.5. The summed E-state index contributed by atoms with van der Waals surface area (Å²) in [5.41, 5.74) is 6.87. The molecule has 0 aliphatic heterocycles. The van der Waals surface area contributed by atoms with E-state index in [4.69, 9.17) is 15.7 Å². The molecule has 3 N–H and O–H groups in total. The highest BCUT2D eigenvalue weighted by molar-refractivity contribution is 5.97. The number of hydrogen-bond donors (Lipinski definition) is 2. The van der Waals surface area contributed by atoms with E-state index in [1.165, 1.54) is 6.20 Å². The number of rotatable bonds is 3. The zero-order valence-corrected chi connectivity index (χ0v) is 10.0. The minimum absolute atomic E-state index is 0.00318. The number of ether oxygens (including phenoxy) is 1. The summed E-state index contributed by atoms with van der Waals surface area (Å²) in [5, 5.41) is 15.7. The minimum atomic E-state index is 0.00318. The van der Waals surface area contributed by atoms with Gasteiger partial charge in [0, 0.05) is 30.9 Å². The average Bonchev–Trinajstić information content (AvgIpc) is 2.67. The summed E-state index contributed by atoms with van der Waals surface area (Å²) in [6.07, 6.45) is 1.52. The summed E-state index contributed by atoms with van der Waals surface area (Å²) in [5.74, 6) is 0.919. The lowest BCUT2D eigenvalue weighted by Gasteiger charge is -2.05. The van der Waals surface area contributed by atoms with Gasteiger partial charge < -0.3 is 15.7 Å². The molecule has 0 bridgehead atoms. The van der Waals surface area contributed by atoms with Crippen molar-refractivity contribution in [2.75, 3.05) is 0 Å². The molecule has 94 valence electrons. The first kappa shape index (κ1) is 11.9. The van der Waals surface area contributed by atoms with E-state index in [1.807, 2.05) is 6.92 Å². The normalized spacial score (nSPS) is 11.6. The van der Waals surface area contributed by atoms with Crippen molar-refractivity contribution in [1.82, 2.24) is 14.8 Å². The van der Waals surface area contributed by atoms with Crippen molar-refractivity contribution in [2.45, 2.75) is 6.92 Å². The first-order valence-electron chi connectivity index (χ1n) is 5.22. The third-order valence-electron chi connectivity index (χ3n) is 2.31.